The summed E-state index contributed by atoms with van der Waals surface area (Å²) in [6.45, 7) is 6.09. The molecule has 2 aromatic carbocycles. The average molecular weight is 369 g/mol. The average Bonchev–Trinajstić information content (AvgIpc) is 2.70. The fraction of sp³-hybridized carbons (Fsp3) is 0.167. The molecule has 0 saturated carbocycles. The van der Waals surface area contributed by atoms with Crippen molar-refractivity contribution >= 4 is 16.7 Å². The van der Waals surface area contributed by atoms with E-state index in [2.05, 4.69) is 47.3 Å². The van der Waals surface area contributed by atoms with Gasteiger partial charge in [-0.15, -0.1) is 0 Å². The van der Waals surface area contributed by atoms with Crippen LogP contribution in [-0.2, 0) is 0 Å². The second kappa shape index (κ2) is 7.31. The Kier molecular flexibility index (Phi) is 4.70. The molecular weight excluding hydrogens is 346 g/mol. The number of phenols is 1. The van der Waals surface area contributed by atoms with Gasteiger partial charge in [0, 0.05) is 22.8 Å². The molecule has 0 radical (unpaired) electrons. The van der Waals surface area contributed by atoms with E-state index in [0.717, 1.165) is 33.6 Å². The van der Waals surface area contributed by atoms with E-state index >= 15 is 0 Å². The molecule has 0 aliphatic rings. The normalized spacial score (nSPS) is 12.1. The summed E-state index contributed by atoms with van der Waals surface area (Å²) in [5.41, 5.74) is 5.70. The van der Waals surface area contributed by atoms with Crippen molar-refractivity contribution in [2.45, 2.75) is 26.8 Å². The Morgan fingerprint density at radius 2 is 1.71 bits per heavy atom. The van der Waals surface area contributed by atoms with E-state index in [-0.39, 0.29) is 11.8 Å². The lowest BCUT2D eigenvalue weighted by atomic mass is 9.92. The summed E-state index contributed by atoms with van der Waals surface area (Å²) in [4.78, 5) is 8.98. The van der Waals surface area contributed by atoms with Gasteiger partial charge in [0.05, 0.1) is 6.04 Å². The van der Waals surface area contributed by atoms with Crippen molar-refractivity contribution in [1.82, 2.24) is 9.97 Å². The predicted octanol–water partition coefficient (Wildman–Crippen LogP) is 5.46. The van der Waals surface area contributed by atoms with Gasteiger partial charge in [-0.1, -0.05) is 48.0 Å². The Labute approximate surface area is 164 Å². The number of rotatable bonds is 4. The third-order valence-electron chi connectivity index (χ3n) is 5.02. The summed E-state index contributed by atoms with van der Waals surface area (Å²) in [6.07, 6.45) is 1.76. The molecule has 28 heavy (non-hydrogen) atoms. The molecule has 1 atom stereocenters. The summed E-state index contributed by atoms with van der Waals surface area (Å²) in [5, 5.41) is 15.5. The van der Waals surface area contributed by atoms with Gasteiger partial charge in [-0.25, -0.2) is 9.97 Å². The summed E-state index contributed by atoms with van der Waals surface area (Å²) >= 11 is 0. The second-order valence-electron chi connectivity index (χ2n) is 7.18. The van der Waals surface area contributed by atoms with Crippen LogP contribution in [0, 0.1) is 20.8 Å². The largest absolute Gasteiger partial charge is 0.505 e. The van der Waals surface area contributed by atoms with Crippen molar-refractivity contribution in [1.29, 1.82) is 0 Å². The Morgan fingerprint density at radius 1 is 0.893 bits per heavy atom. The standard InChI is InChI=1S/C24H23N3O/c1-15-7-8-16(2)20(14-15)23(27-21-6-4-5-13-25-21)19-12-11-18-10-9-17(3)26-22(18)24(19)28/h4-14,23,28H,1-3H3,(H,25,27)/t23-/m0/s1. The lowest BCUT2D eigenvalue weighted by molar-refractivity contribution is 0.471. The first-order valence-corrected chi connectivity index (χ1v) is 9.37. The quantitative estimate of drug-likeness (QED) is 0.501. The highest BCUT2D eigenvalue weighted by atomic mass is 16.3. The lowest BCUT2D eigenvalue weighted by Gasteiger charge is -2.24. The maximum Gasteiger partial charge on any atom is 0.147 e. The molecule has 2 aromatic heterocycles. The van der Waals surface area contributed by atoms with E-state index in [1.807, 2.05) is 49.4 Å². The maximum absolute atomic E-state index is 11.1. The molecule has 0 amide bonds. The van der Waals surface area contributed by atoms with Gasteiger partial charge in [0.25, 0.3) is 0 Å². The number of fused-ring (bicyclic) bond motifs is 1. The molecule has 2 heterocycles. The number of phenolic OH excluding ortho intramolecular Hbond substituents is 1. The second-order valence-corrected chi connectivity index (χ2v) is 7.18. The Balaban J connectivity index is 1.91. The van der Waals surface area contributed by atoms with Crippen molar-refractivity contribution in [2.75, 3.05) is 5.32 Å². The van der Waals surface area contributed by atoms with Crippen LogP contribution in [0.15, 0.2) is 66.9 Å². The van der Waals surface area contributed by atoms with Crippen LogP contribution in [0.5, 0.6) is 5.75 Å². The van der Waals surface area contributed by atoms with Crippen LogP contribution in [0.25, 0.3) is 10.9 Å². The molecule has 4 nitrogen and oxygen atoms in total. The molecule has 0 bridgehead atoms. The summed E-state index contributed by atoms with van der Waals surface area (Å²) in [5.74, 6) is 0.959. The van der Waals surface area contributed by atoms with Gasteiger partial charge in [0.15, 0.2) is 0 Å². The molecule has 0 spiro atoms. The molecule has 2 N–H and O–H groups in total. The molecule has 140 valence electrons. The summed E-state index contributed by atoms with van der Waals surface area (Å²) in [6, 6.07) is 19.8. The minimum absolute atomic E-state index is 0.204. The van der Waals surface area contributed by atoms with Crippen LogP contribution in [0.4, 0.5) is 5.82 Å². The van der Waals surface area contributed by atoms with Crippen molar-refractivity contribution in [3.05, 3.63) is 94.8 Å². The van der Waals surface area contributed by atoms with Gasteiger partial charge in [0.1, 0.15) is 17.1 Å². The number of hydrogen-bond acceptors (Lipinski definition) is 4. The zero-order chi connectivity index (χ0) is 19.7. The molecule has 4 heteroatoms. The number of nitrogens with one attached hydrogen (secondary N) is 1. The zero-order valence-corrected chi connectivity index (χ0v) is 16.3. The fourth-order valence-corrected chi connectivity index (χ4v) is 3.51. The van der Waals surface area contributed by atoms with E-state index in [0.29, 0.717) is 5.52 Å². The van der Waals surface area contributed by atoms with E-state index in [1.165, 1.54) is 5.56 Å². The first-order valence-electron chi connectivity index (χ1n) is 9.37. The first kappa shape index (κ1) is 18.0. The van der Waals surface area contributed by atoms with Crippen LogP contribution < -0.4 is 5.32 Å². The van der Waals surface area contributed by atoms with Gasteiger partial charge < -0.3 is 10.4 Å². The number of nitrogens with zero attached hydrogens (tertiary/aromatic N) is 2. The van der Waals surface area contributed by atoms with Crippen LogP contribution in [0.2, 0.25) is 0 Å². The fourth-order valence-electron chi connectivity index (χ4n) is 3.51. The van der Waals surface area contributed by atoms with Crippen molar-refractivity contribution < 1.29 is 5.11 Å². The number of anilines is 1. The highest BCUT2D eigenvalue weighted by Crippen LogP contribution is 2.37. The number of aryl methyl sites for hydroxylation is 3. The van der Waals surface area contributed by atoms with Crippen LogP contribution in [0.3, 0.4) is 0 Å². The molecular formula is C24H23N3O. The third kappa shape index (κ3) is 3.41. The molecule has 4 rings (SSSR count). The van der Waals surface area contributed by atoms with Gasteiger partial charge in [-0.2, -0.15) is 0 Å². The topological polar surface area (TPSA) is 58.0 Å². The highest BCUT2D eigenvalue weighted by Gasteiger charge is 2.22. The minimum Gasteiger partial charge on any atom is -0.505 e. The Hall–Kier alpha value is -3.40. The van der Waals surface area contributed by atoms with Gasteiger partial charge in [-0.3, -0.25) is 0 Å². The van der Waals surface area contributed by atoms with E-state index < -0.39 is 0 Å². The SMILES string of the molecule is Cc1ccc(C)c([C@@H](Nc2ccccn2)c2ccc3ccc(C)nc3c2O)c1. The van der Waals surface area contributed by atoms with Crippen LogP contribution in [-0.4, -0.2) is 15.1 Å². The minimum atomic E-state index is -0.249. The first-order chi connectivity index (χ1) is 13.5. The van der Waals surface area contributed by atoms with E-state index in [4.69, 9.17) is 0 Å². The lowest BCUT2D eigenvalue weighted by Crippen LogP contribution is -2.15. The van der Waals surface area contributed by atoms with E-state index in [1.54, 1.807) is 6.20 Å². The van der Waals surface area contributed by atoms with Crippen molar-refractivity contribution in [2.24, 2.45) is 0 Å². The number of aromatic nitrogens is 2. The monoisotopic (exact) mass is 369 g/mol. The summed E-state index contributed by atoms with van der Waals surface area (Å²) in [7, 11) is 0. The van der Waals surface area contributed by atoms with Crippen LogP contribution in [0.1, 0.15) is 34.0 Å². The number of hydrogen-bond donors (Lipinski definition) is 2. The van der Waals surface area contributed by atoms with E-state index in [9.17, 15) is 5.11 Å². The molecule has 0 aliphatic carbocycles. The molecule has 4 aromatic rings. The van der Waals surface area contributed by atoms with Crippen molar-refractivity contribution in [3.63, 3.8) is 0 Å². The smallest absolute Gasteiger partial charge is 0.147 e. The number of aromatic hydroxyl groups is 1. The predicted molar refractivity (Wildman–Crippen MR) is 114 cm³/mol. The zero-order valence-electron chi connectivity index (χ0n) is 16.3. The van der Waals surface area contributed by atoms with Crippen LogP contribution >= 0.6 is 0 Å². The van der Waals surface area contributed by atoms with Crippen molar-refractivity contribution in [3.8, 4) is 5.75 Å². The molecule has 0 saturated heterocycles. The molecule has 0 aliphatic heterocycles. The highest BCUT2D eigenvalue weighted by molar-refractivity contribution is 5.86. The van der Waals surface area contributed by atoms with Gasteiger partial charge in [-0.05, 0) is 50.1 Å². The number of pyridine rings is 2. The van der Waals surface area contributed by atoms with Gasteiger partial charge in [0.2, 0.25) is 0 Å². The maximum atomic E-state index is 11.1. The molecule has 0 unspecified atom stereocenters. The molecule has 0 fully saturated rings. The van der Waals surface area contributed by atoms with Gasteiger partial charge >= 0.3 is 0 Å². The Bertz CT molecular complexity index is 1140. The Morgan fingerprint density at radius 3 is 2.50 bits per heavy atom. The summed E-state index contributed by atoms with van der Waals surface area (Å²) < 4.78 is 0. The third-order valence-corrected chi connectivity index (χ3v) is 5.02. The number of benzene rings is 2.